The van der Waals surface area contributed by atoms with Crippen LogP contribution in [0.2, 0.25) is 5.02 Å². The lowest BCUT2D eigenvalue weighted by Crippen LogP contribution is -2.47. The molecule has 13 heteroatoms. The van der Waals surface area contributed by atoms with Gasteiger partial charge in [-0.3, -0.25) is 14.4 Å². The van der Waals surface area contributed by atoms with E-state index in [1.54, 1.807) is 34.9 Å². The number of aromatic nitrogens is 2. The molecule has 1 aliphatic rings. The summed E-state index contributed by atoms with van der Waals surface area (Å²) in [6.07, 6.45) is 5.90. The lowest BCUT2D eigenvalue weighted by molar-refractivity contribution is 0.0363. The summed E-state index contributed by atoms with van der Waals surface area (Å²) in [5.74, 6) is -1.62. The fourth-order valence-corrected chi connectivity index (χ4v) is 8.43. The van der Waals surface area contributed by atoms with Gasteiger partial charge in [-0.25, -0.2) is 17.8 Å². The molecular formula is C45H52ClN5O6S. The zero-order valence-corrected chi connectivity index (χ0v) is 35.2. The van der Waals surface area contributed by atoms with Crippen LogP contribution in [0.25, 0.3) is 16.5 Å². The van der Waals surface area contributed by atoms with Crippen molar-refractivity contribution in [2.24, 2.45) is 0 Å². The van der Waals surface area contributed by atoms with Crippen LogP contribution >= 0.6 is 11.6 Å². The topological polar surface area (TPSA) is 131 Å². The van der Waals surface area contributed by atoms with Gasteiger partial charge in [-0.05, 0) is 84.8 Å². The third-order valence-corrected chi connectivity index (χ3v) is 12.4. The molecule has 11 nitrogen and oxygen atoms in total. The summed E-state index contributed by atoms with van der Waals surface area (Å²) in [7, 11) is -4.30. The van der Waals surface area contributed by atoms with Gasteiger partial charge in [0.1, 0.15) is 0 Å². The van der Waals surface area contributed by atoms with E-state index in [4.69, 9.17) is 21.4 Å². The van der Waals surface area contributed by atoms with E-state index in [-0.39, 0.29) is 50.9 Å². The maximum absolute atomic E-state index is 15.1. The Labute approximate surface area is 346 Å². The number of halogens is 1. The number of carbonyl (C=O) groups excluding carboxylic acids is 3. The maximum Gasteiger partial charge on any atom is 0.275 e. The van der Waals surface area contributed by atoms with E-state index in [1.807, 2.05) is 36.4 Å². The second-order valence-corrected chi connectivity index (χ2v) is 16.9. The van der Waals surface area contributed by atoms with E-state index < -0.39 is 21.8 Å². The number of nitrogens with zero attached hydrogens (tertiary/aromatic N) is 4. The smallest absolute Gasteiger partial charge is 0.275 e. The number of fused-ring (bicyclic) bond motifs is 2. The second kappa shape index (κ2) is 19.1. The highest BCUT2D eigenvalue weighted by molar-refractivity contribution is 7.90. The molecule has 0 spiro atoms. The van der Waals surface area contributed by atoms with Crippen LogP contribution in [0.5, 0.6) is 0 Å². The van der Waals surface area contributed by atoms with Gasteiger partial charge >= 0.3 is 0 Å². The Bertz CT molecular complexity index is 2390. The molecule has 1 aliphatic heterocycles. The summed E-state index contributed by atoms with van der Waals surface area (Å²) in [5.41, 5.74) is 2.94. The van der Waals surface area contributed by atoms with Crippen LogP contribution in [0.15, 0.2) is 89.8 Å². The predicted molar refractivity (Wildman–Crippen MR) is 227 cm³/mol. The van der Waals surface area contributed by atoms with Gasteiger partial charge in [-0.2, -0.15) is 5.10 Å². The SMILES string of the molecule is CCCCOC[C@@H]1Cc2ccccc2CN1C(=O)c1cc(C(=O)NS(=O)(=O)c2ccc3ccccc3c2)ccc1-n1nc(C(=O)N(CCCC)CCCC)c(Cl)c1C. The van der Waals surface area contributed by atoms with Crippen molar-refractivity contribution in [2.45, 2.75) is 90.1 Å². The van der Waals surface area contributed by atoms with Gasteiger partial charge in [0, 0.05) is 31.8 Å². The highest BCUT2D eigenvalue weighted by Crippen LogP contribution is 2.31. The lowest BCUT2D eigenvalue weighted by Gasteiger charge is -2.37. The zero-order valence-electron chi connectivity index (χ0n) is 33.7. The van der Waals surface area contributed by atoms with Crippen molar-refractivity contribution in [3.63, 3.8) is 0 Å². The van der Waals surface area contributed by atoms with Crippen molar-refractivity contribution < 1.29 is 27.5 Å². The van der Waals surface area contributed by atoms with Crippen molar-refractivity contribution in [3.8, 4) is 5.69 Å². The molecule has 0 fully saturated rings. The first-order valence-corrected chi connectivity index (χ1v) is 22.0. The molecule has 0 aliphatic carbocycles. The molecule has 0 saturated heterocycles. The van der Waals surface area contributed by atoms with Crippen LogP contribution in [-0.4, -0.2) is 78.1 Å². The Balaban J connectivity index is 1.42. The van der Waals surface area contributed by atoms with Crippen molar-refractivity contribution in [1.82, 2.24) is 24.3 Å². The van der Waals surface area contributed by atoms with Gasteiger partial charge < -0.3 is 14.5 Å². The summed E-state index contributed by atoms with van der Waals surface area (Å²) >= 11 is 6.89. The number of amides is 3. The fourth-order valence-electron chi connectivity index (χ4n) is 7.22. The number of unbranched alkanes of at least 4 members (excludes halogenated alkanes) is 3. The van der Waals surface area contributed by atoms with Crippen LogP contribution in [-0.2, 0) is 27.7 Å². The number of rotatable bonds is 17. The first kappa shape index (κ1) is 42.6. The summed E-state index contributed by atoms with van der Waals surface area (Å²) in [4.78, 5) is 46.3. The Morgan fingerprint density at radius 1 is 0.862 bits per heavy atom. The predicted octanol–water partition coefficient (Wildman–Crippen LogP) is 8.53. The third-order valence-electron chi connectivity index (χ3n) is 10.6. The molecule has 1 atom stereocenters. The highest BCUT2D eigenvalue weighted by Gasteiger charge is 2.34. The lowest BCUT2D eigenvalue weighted by atomic mass is 9.93. The number of sulfonamides is 1. The number of ether oxygens (including phenoxy) is 1. The molecule has 1 N–H and O–H groups in total. The molecule has 6 rings (SSSR count). The highest BCUT2D eigenvalue weighted by atomic mass is 35.5. The van der Waals surface area contributed by atoms with Crippen molar-refractivity contribution in [3.05, 3.63) is 124 Å². The molecule has 306 valence electrons. The van der Waals surface area contributed by atoms with Crippen LogP contribution in [0.3, 0.4) is 0 Å². The number of hydrogen-bond acceptors (Lipinski definition) is 7. The van der Waals surface area contributed by atoms with E-state index in [1.165, 1.54) is 28.9 Å². The maximum atomic E-state index is 15.1. The monoisotopic (exact) mass is 825 g/mol. The van der Waals surface area contributed by atoms with Crippen LogP contribution < -0.4 is 4.72 Å². The molecule has 0 unspecified atom stereocenters. The van der Waals surface area contributed by atoms with Gasteiger partial charge in [0.25, 0.3) is 27.7 Å². The number of hydrogen-bond donors (Lipinski definition) is 1. The molecule has 5 aromatic rings. The Morgan fingerprint density at radius 3 is 2.24 bits per heavy atom. The van der Waals surface area contributed by atoms with E-state index in [9.17, 15) is 18.0 Å². The molecule has 0 radical (unpaired) electrons. The van der Waals surface area contributed by atoms with Gasteiger partial charge in [-0.15, -0.1) is 0 Å². The molecule has 4 aromatic carbocycles. The molecule has 58 heavy (non-hydrogen) atoms. The quantitative estimate of drug-likeness (QED) is 0.0931. The van der Waals surface area contributed by atoms with Crippen LogP contribution in [0, 0.1) is 6.92 Å². The summed E-state index contributed by atoms with van der Waals surface area (Å²) in [6.45, 7) is 10.2. The molecule has 2 heterocycles. The Hall–Kier alpha value is -5.04. The molecule has 3 amide bonds. The first-order chi connectivity index (χ1) is 28.0. The van der Waals surface area contributed by atoms with Crippen molar-refractivity contribution in [1.29, 1.82) is 0 Å². The third kappa shape index (κ3) is 9.46. The minimum atomic E-state index is -4.30. The standard InChI is InChI=1S/C45H52ClN5O6S/c1-5-8-23-49(24-9-6-2)45(54)42-41(46)31(4)51(47-42)40-22-20-35(43(52)48-58(55,56)38-21-19-32-15-11-12-17-34(32)27-38)28-39(40)44(53)50-29-36-18-14-13-16-33(36)26-37(50)30-57-25-10-7-3/h11-22,27-28,37H,5-10,23-26,29-30H2,1-4H3,(H,48,52)/t37-/m0/s1. The first-order valence-electron chi connectivity index (χ1n) is 20.2. The fraction of sp³-hybridized carbons (Fsp3) is 0.378. The Morgan fingerprint density at radius 2 is 1.53 bits per heavy atom. The van der Waals surface area contributed by atoms with E-state index >= 15 is 4.79 Å². The number of benzene rings is 4. The number of carbonyl (C=O) groups is 3. The summed E-state index contributed by atoms with van der Waals surface area (Å²) in [6, 6.07) is 24.0. The normalized spacial score (nSPS) is 14.0. The molecular weight excluding hydrogens is 774 g/mol. The van der Waals surface area contributed by atoms with Gasteiger partial charge in [0.15, 0.2) is 5.69 Å². The van der Waals surface area contributed by atoms with Gasteiger partial charge in [0.2, 0.25) is 0 Å². The van der Waals surface area contributed by atoms with E-state index in [0.29, 0.717) is 43.8 Å². The van der Waals surface area contributed by atoms with E-state index in [0.717, 1.165) is 55.0 Å². The minimum absolute atomic E-state index is 0.0536. The van der Waals surface area contributed by atoms with Crippen LogP contribution in [0.4, 0.5) is 0 Å². The second-order valence-electron chi connectivity index (χ2n) is 14.8. The van der Waals surface area contributed by atoms with Gasteiger partial charge in [-0.1, -0.05) is 106 Å². The average Bonchev–Trinajstić information content (AvgIpc) is 3.53. The largest absolute Gasteiger partial charge is 0.379 e. The zero-order chi connectivity index (χ0) is 41.4. The number of nitrogens with one attached hydrogen (secondary N) is 1. The van der Waals surface area contributed by atoms with Crippen LogP contribution in [0.1, 0.15) is 107 Å². The Kier molecular flexibility index (Phi) is 14.0. The summed E-state index contributed by atoms with van der Waals surface area (Å²) in [5, 5.41) is 6.46. The molecule has 0 bridgehead atoms. The average molecular weight is 826 g/mol. The van der Waals surface area contributed by atoms with Crippen molar-refractivity contribution in [2.75, 3.05) is 26.3 Å². The molecule has 1 aromatic heterocycles. The molecule has 0 saturated carbocycles. The van der Waals surface area contributed by atoms with E-state index in [2.05, 4.69) is 31.6 Å². The van der Waals surface area contributed by atoms with Gasteiger partial charge in [0.05, 0.1) is 39.5 Å². The minimum Gasteiger partial charge on any atom is -0.379 e. The van der Waals surface area contributed by atoms with Crippen molar-refractivity contribution >= 4 is 50.1 Å². The summed E-state index contributed by atoms with van der Waals surface area (Å²) < 4.78 is 36.9.